The molecule has 0 spiro atoms. The summed E-state index contributed by atoms with van der Waals surface area (Å²) in [6.45, 7) is 5.12. The lowest BCUT2D eigenvalue weighted by molar-refractivity contribution is 0.251. The third kappa shape index (κ3) is 4.15. The van der Waals surface area contributed by atoms with E-state index in [0.29, 0.717) is 6.54 Å². The maximum atomic E-state index is 6.25. The summed E-state index contributed by atoms with van der Waals surface area (Å²) in [4.78, 5) is 0. The van der Waals surface area contributed by atoms with Crippen molar-refractivity contribution in [1.29, 1.82) is 0 Å². The Kier molecular flexibility index (Phi) is 6.48. The third-order valence-electron chi connectivity index (χ3n) is 3.82. The molecule has 1 nitrogen and oxygen atoms in total. The highest BCUT2D eigenvalue weighted by atomic mass is 35.5. The molecule has 1 atom stereocenters. The van der Waals surface area contributed by atoms with Crippen molar-refractivity contribution in [3.05, 3.63) is 33.8 Å². The molecule has 0 amide bonds. The van der Waals surface area contributed by atoms with Gasteiger partial charge < -0.3 is 5.73 Å². The largest absolute Gasteiger partial charge is 0.330 e. The van der Waals surface area contributed by atoms with Crippen LogP contribution in [0.15, 0.2) is 18.2 Å². The van der Waals surface area contributed by atoms with Crippen LogP contribution in [0.25, 0.3) is 0 Å². The minimum Gasteiger partial charge on any atom is -0.330 e. The van der Waals surface area contributed by atoms with E-state index in [9.17, 15) is 0 Å². The molecule has 0 aromatic heterocycles. The minimum atomic E-state index is 0.157. The lowest BCUT2D eigenvalue weighted by atomic mass is 9.75. The van der Waals surface area contributed by atoms with Crippen molar-refractivity contribution >= 4 is 23.2 Å². The molecule has 0 saturated heterocycles. The zero-order chi connectivity index (χ0) is 13.6. The van der Waals surface area contributed by atoms with E-state index in [4.69, 9.17) is 28.9 Å². The minimum absolute atomic E-state index is 0.157. The van der Waals surface area contributed by atoms with Crippen LogP contribution in [0.2, 0.25) is 10.0 Å². The van der Waals surface area contributed by atoms with Gasteiger partial charge >= 0.3 is 0 Å². The van der Waals surface area contributed by atoms with Gasteiger partial charge in [0.15, 0.2) is 0 Å². The Morgan fingerprint density at radius 2 is 1.94 bits per heavy atom. The molecule has 0 aliphatic rings. The van der Waals surface area contributed by atoms with Gasteiger partial charge in [0.25, 0.3) is 0 Å². The second kappa shape index (κ2) is 7.37. The van der Waals surface area contributed by atoms with Crippen LogP contribution in [0.1, 0.15) is 45.1 Å². The first-order valence-electron chi connectivity index (χ1n) is 6.71. The Bertz CT molecular complexity index is 373. The lowest BCUT2D eigenvalue weighted by Gasteiger charge is -2.32. The second-order valence-corrected chi connectivity index (χ2v) is 5.92. The van der Waals surface area contributed by atoms with Crippen molar-refractivity contribution in [2.45, 2.75) is 46.0 Å². The molecule has 0 radical (unpaired) electrons. The smallest absolute Gasteiger partial charge is 0.0439 e. The fourth-order valence-corrected chi connectivity index (χ4v) is 2.72. The first kappa shape index (κ1) is 15.8. The number of hydrogen-bond acceptors (Lipinski definition) is 1. The summed E-state index contributed by atoms with van der Waals surface area (Å²) in [6.07, 6.45) is 5.55. The zero-order valence-corrected chi connectivity index (χ0v) is 12.8. The van der Waals surface area contributed by atoms with Crippen molar-refractivity contribution in [2.24, 2.45) is 11.1 Å². The van der Waals surface area contributed by atoms with Crippen molar-refractivity contribution in [2.75, 3.05) is 6.54 Å². The average Bonchev–Trinajstić information content (AvgIpc) is 2.39. The van der Waals surface area contributed by atoms with Gasteiger partial charge in [-0.3, -0.25) is 0 Å². The molecular formula is C15H23Cl2N. The monoisotopic (exact) mass is 287 g/mol. The predicted octanol–water partition coefficient (Wildman–Crippen LogP) is 5.08. The second-order valence-electron chi connectivity index (χ2n) is 5.07. The normalized spacial score (nSPS) is 14.5. The number of halogens is 2. The van der Waals surface area contributed by atoms with Gasteiger partial charge in [0.1, 0.15) is 0 Å². The predicted molar refractivity (Wildman–Crippen MR) is 81.5 cm³/mol. The Labute approximate surface area is 121 Å². The van der Waals surface area contributed by atoms with Gasteiger partial charge in [0, 0.05) is 10.0 Å². The molecule has 18 heavy (non-hydrogen) atoms. The SMILES string of the molecule is CCCCC(CC)(CN)Cc1cc(Cl)ccc1Cl. The fourth-order valence-electron chi connectivity index (χ4n) is 2.34. The van der Waals surface area contributed by atoms with E-state index < -0.39 is 0 Å². The van der Waals surface area contributed by atoms with E-state index in [1.165, 1.54) is 12.8 Å². The van der Waals surface area contributed by atoms with E-state index in [2.05, 4.69) is 13.8 Å². The van der Waals surface area contributed by atoms with Gasteiger partial charge in [-0.25, -0.2) is 0 Å². The summed E-state index contributed by atoms with van der Waals surface area (Å²) >= 11 is 12.3. The quantitative estimate of drug-likeness (QED) is 0.743. The van der Waals surface area contributed by atoms with E-state index in [1.807, 2.05) is 18.2 Å². The third-order valence-corrected chi connectivity index (χ3v) is 4.42. The van der Waals surface area contributed by atoms with Crippen molar-refractivity contribution in [3.63, 3.8) is 0 Å². The molecule has 102 valence electrons. The Balaban J connectivity index is 2.91. The van der Waals surface area contributed by atoms with Crippen LogP contribution >= 0.6 is 23.2 Å². The Morgan fingerprint density at radius 1 is 1.22 bits per heavy atom. The first-order chi connectivity index (χ1) is 8.56. The molecule has 0 saturated carbocycles. The summed E-state index contributed by atoms with van der Waals surface area (Å²) in [5.41, 5.74) is 7.29. The number of hydrogen-bond donors (Lipinski definition) is 1. The molecule has 0 fully saturated rings. The van der Waals surface area contributed by atoms with Crippen molar-refractivity contribution in [1.82, 2.24) is 0 Å². The molecule has 0 bridgehead atoms. The van der Waals surface area contributed by atoms with Crippen LogP contribution in [0.4, 0.5) is 0 Å². The number of benzene rings is 1. The maximum Gasteiger partial charge on any atom is 0.0439 e. The first-order valence-corrected chi connectivity index (χ1v) is 7.46. The lowest BCUT2D eigenvalue weighted by Crippen LogP contribution is -2.32. The molecule has 1 unspecified atom stereocenters. The number of unbranched alkanes of at least 4 members (excludes halogenated alkanes) is 1. The summed E-state index contributed by atoms with van der Waals surface area (Å²) in [6, 6.07) is 5.67. The van der Waals surface area contributed by atoms with E-state index >= 15 is 0 Å². The van der Waals surface area contributed by atoms with E-state index in [1.54, 1.807) is 0 Å². The summed E-state index contributed by atoms with van der Waals surface area (Å²) in [7, 11) is 0. The highest BCUT2D eigenvalue weighted by molar-refractivity contribution is 6.33. The topological polar surface area (TPSA) is 26.0 Å². The highest BCUT2D eigenvalue weighted by Crippen LogP contribution is 2.35. The van der Waals surface area contributed by atoms with Crippen LogP contribution in [0, 0.1) is 5.41 Å². The van der Waals surface area contributed by atoms with Crippen LogP contribution in [-0.4, -0.2) is 6.54 Å². The Morgan fingerprint density at radius 3 is 2.50 bits per heavy atom. The van der Waals surface area contributed by atoms with Crippen molar-refractivity contribution < 1.29 is 0 Å². The summed E-state index contributed by atoms with van der Waals surface area (Å²) < 4.78 is 0. The van der Waals surface area contributed by atoms with Gasteiger partial charge in [0.2, 0.25) is 0 Å². The van der Waals surface area contributed by atoms with Crippen LogP contribution in [0.5, 0.6) is 0 Å². The number of rotatable bonds is 7. The molecule has 3 heteroatoms. The van der Waals surface area contributed by atoms with Gasteiger partial charge in [0.05, 0.1) is 0 Å². The van der Waals surface area contributed by atoms with Gasteiger partial charge in [-0.05, 0) is 55.0 Å². The molecule has 2 N–H and O–H groups in total. The van der Waals surface area contributed by atoms with Crippen molar-refractivity contribution in [3.8, 4) is 0 Å². The zero-order valence-electron chi connectivity index (χ0n) is 11.3. The molecule has 1 aromatic rings. The van der Waals surface area contributed by atoms with Gasteiger partial charge in [-0.15, -0.1) is 0 Å². The standard InChI is InChI=1S/C15H23Cl2N/c1-3-5-8-15(4-2,11-18)10-12-9-13(16)6-7-14(12)17/h6-7,9H,3-5,8,10-11,18H2,1-2H3. The van der Waals surface area contributed by atoms with Crippen LogP contribution < -0.4 is 5.73 Å². The maximum absolute atomic E-state index is 6.25. The van der Waals surface area contributed by atoms with Gasteiger partial charge in [-0.2, -0.15) is 0 Å². The molecule has 0 aliphatic heterocycles. The van der Waals surface area contributed by atoms with E-state index in [0.717, 1.165) is 34.9 Å². The average molecular weight is 288 g/mol. The summed E-state index contributed by atoms with van der Waals surface area (Å²) in [5.74, 6) is 0. The molecule has 1 aromatic carbocycles. The Hall–Kier alpha value is -0.240. The number of nitrogens with two attached hydrogens (primary N) is 1. The molecule has 0 aliphatic carbocycles. The van der Waals surface area contributed by atoms with E-state index in [-0.39, 0.29) is 5.41 Å². The van der Waals surface area contributed by atoms with Crippen LogP contribution in [0.3, 0.4) is 0 Å². The molecule has 1 rings (SSSR count). The van der Waals surface area contributed by atoms with Crippen LogP contribution in [-0.2, 0) is 6.42 Å². The summed E-state index contributed by atoms with van der Waals surface area (Å²) in [5, 5.41) is 1.54. The van der Waals surface area contributed by atoms with Gasteiger partial charge in [-0.1, -0.05) is 49.9 Å². The highest BCUT2D eigenvalue weighted by Gasteiger charge is 2.27. The molecular weight excluding hydrogens is 265 g/mol. The fraction of sp³-hybridized carbons (Fsp3) is 0.600. The molecule has 0 heterocycles.